The van der Waals surface area contributed by atoms with Crippen molar-refractivity contribution in [2.24, 2.45) is 11.3 Å². The number of Topliss-reactive ketones (excluding diaryl/α,β-unsaturated/α-hetero) is 1. The van der Waals surface area contributed by atoms with E-state index < -0.39 is 40.0 Å². The predicted octanol–water partition coefficient (Wildman–Crippen LogP) is 2.28. The van der Waals surface area contributed by atoms with Gasteiger partial charge in [-0.25, -0.2) is 28.1 Å². The highest BCUT2D eigenvalue weighted by Crippen LogP contribution is 2.28. The maximum atomic E-state index is 13.1. The molecule has 0 unspecified atom stereocenters. The number of unbranched alkanes of at least 4 members (excludes halogenated alkanes) is 1. The van der Waals surface area contributed by atoms with E-state index in [4.69, 9.17) is 9.47 Å². The summed E-state index contributed by atoms with van der Waals surface area (Å²) < 4.78 is 12.7. The Morgan fingerprint density at radius 2 is 1.19 bits per heavy atom. The van der Waals surface area contributed by atoms with Gasteiger partial charge in [-0.05, 0) is 33.1 Å². The van der Waals surface area contributed by atoms with Gasteiger partial charge in [-0.1, -0.05) is 41.0 Å². The first kappa shape index (κ1) is 32.0. The van der Waals surface area contributed by atoms with E-state index >= 15 is 0 Å². The molecule has 0 aliphatic heterocycles. The number of hydrogen-bond acceptors (Lipinski definition) is 8. The number of hydrogen-bond donors (Lipinski definition) is 0. The van der Waals surface area contributed by atoms with Gasteiger partial charge in [0.25, 0.3) is 0 Å². The Morgan fingerprint density at radius 3 is 1.59 bits per heavy atom. The van der Waals surface area contributed by atoms with Gasteiger partial charge in [-0.15, -0.1) is 0 Å². The number of nitrogens with zero attached hydrogens (tertiary/aromatic N) is 3. The van der Waals surface area contributed by atoms with Crippen LogP contribution in [0.1, 0.15) is 87.5 Å². The molecule has 0 radical (unpaired) electrons. The van der Waals surface area contributed by atoms with E-state index in [2.05, 4.69) is 0 Å². The normalized spacial score (nSPS) is 12.0. The third kappa shape index (κ3) is 9.44. The van der Waals surface area contributed by atoms with Gasteiger partial charge in [0, 0.05) is 31.5 Å². The van der Waals surface area contributed by atoms with E-state index in [1.54, 1.807) is 34.6 Å². The molecule has 37 heavy (non-hydrogen) atoms. The minimum absolute atomic E-state index is 0.0369. The lowest BCUT2D eigenvalue weighted by molar-refractivity contribution is -0.155. The van der Waals surface area contributed by atoms with Gasteiger partial charge >= 0.3 is 29.0 Å². The summed E-state index contributed by atoms with van der Waals surface area (Å²) >= 11 is 0. The van der Waals surface area contributed by atoms with Crippen LogP contribution in [0.2, 0.25) is 0 Å². The predicted molar refractivity (Wildman–Crippen MR) is 138 cm³/mol. The van der Waals surface area contributed by atoms with Crippen molar-refractivity contribution in [2.45, 2.75) is 113 Å². The second-order valence-electron chi connectivity index (χ2n) is 11.0. The highest BCUT2D eigenvalue weighted by atomic mass is 16.6. The Labute approximate surface area is 217 Å². The van der Waals surface area contributed by atoms with E-state index in [0.717, 1.165) is 20.1 Å². The summed E-state index contributed by atoms with van der Waals surface area (Å²) in [6.45, 7) is 13.8. The molecule has 210 valence electrons. The highest BCUT2D eigenvalue weighted by Gasteiger charge is 2.31. The third-order valence-electron chi connectivity index (χ3n) is 6.37. The molecular weight excluding hydrogens is 482 g/mol. The van der Waals surface area contributed by atoms with Crippen LogP contribution in [0.4, 0.5) is 0 Å². The summed E-state index contributed by atoms with van der Waals surface area (Å²) in [6, 6.07) is 0. The van der Waals surface area contributed by atoms with Crippen molar-refractivity contribution in [3.63, 3.8) is 0 Å². The Bertz CT molecular complexity index is 1130. The van der Waals surface area contributed by atoms with Crippen LogP contribution in [-0.2, 0) is 43.5 Å². The third-order valence-corrected chi connectivity index (χ3v) is 6.37. The molecule has 1 aromatic heterocycles. The summed E-state index contributed by atoms with van der Waals surface area (Å²) in [6.07, 6.45) is 0.913. The fraction of sp³-hybridized carbons (Fsp3) is 0.769. The standard InChI is InChI=1S/C26H43N3O8/c1-9-10-17-36-20(31)12-15-28-22(33)27(14-11-19(30)26(7,8)18(2)3)23(34)29(24(28)35)16-13-21(32)37-25(4,5)6/h18H,9-17H2,1-8H3. The zero-order valence-corrected chi connectivity index (χ0v) is 23.5. The van der Waals surface area contributed by atoms with Gasteiger partial charge in [0.05, 0.1) is 19.4 Å². The lowest BCUT2D eigenvalue weighted by Crippen LogP contribution is -2.55. The summed E-state index contributed by atoms with van der Waals surface area (Å²) in [5.74, 6) is -1.29. The van der Waals surface area contributed by atoms with E-state index in [1.807, 2.05) is 20.8 Å². The molecule has 0 saturated carbocycles. The van der Waals surface area contributed by atoms with Crippen LogP contribution in [0.3, 0.4) is 0 Å². The summed E-state index contributed by atoms with van der Waals surface area (Å²) in [5.41, 5.74) is -4.20. The molecular formula is C26H43N3O8. The maximum Gasteiger partial charge on any atom is 0.336 e. The van der Waals surface area contributed by atoms with E-state index in [-0.39, 0.29) is 57.2 Å². The Morgan fingerprint density at radius 1 is 0.757 bits per heavy atom. The van der Waals surface area contributed by atoms with Crippen LogP contribution in [-0.4, -0.2) is 43.6 Å². The molecule has 0 aliphatic carbocycles. The zero-order valence-electron chi connectivity index (χ0n) is 23.5. The van der Waals surface area contributed by atoms with Gasteiger partial charge < -0.3 is 9.47 Å². The van der Waals surface area contributed by atoms with Gasteiger partial charge in [0.2, 0.25) is 0 Å². The highest BCUT2D eigenvalue weighted by molar-refractivity contribution is 5.84. The molecule has 0 fully saturated rings. The number of carbonyl (C=O) groups is 3. The largest absolute Gasteiger partial charge is 0.466 e. The van der Waals surface area contributed by atoms with Crippen LogP contribution in [0.25, 0.3) is 0 Å². The summed E-state index contributed by atoms with van der Waals surface area (Å²) in [4.78, 5) is 76.4. The first-order chi connectivity index (χ1) is 17.0. The van der Waals surface area contributed by atoms with Crippen LogP contribution in [0, 0.1) is 11.3 Å². The van der Waals surface area contributed by atoms with Crippen LogP contribution < -0.4 is 17.1 Å². The Balaban J connectivity index is 3.34. The number of carbonyl (C=O) groups excluding carboxylic acids is 3. The average Bonchev–Trinajstić information content (AvgIpc) is 2.77. The number of ketones is 1. The van der Waals surface area contributed by atoms with Crippen molar-refractivity contribution in [2.75, 3.05) is 6.61 Å². The summed E-state index contributed by atoms with van der Waals surface area (Å²) in [5, 5.41) is 0. The topological polar surface area (TPSA) is 136 Å². The Kier molecular flexibility index (Phi) is 11.7. The maximum absolute atomic E-state index is 13.1. The lowest BCUT2D eigenvalue weighted by Gasteiger charge is -2.27. The molecule has 1 heterocycles. The van der Waals surface area contributed by atoms with Crippen molar-refractivity contribution >= 4 is 17.7 Å². The van der Waals surface area contributed by atoms with Crippen molar-refractivity contribution in [1.82, 2.24) is 13.7 Å². The fourth-order valence-corrected chi connectivity index (χ4v) is 3.32. The summed E-state index contributed by atoms with van der Waals surface area (Å²) in [7, 11) is 0. The quantitative estimate of drug-likeness (QED) is 0.267. The van der Waals surface area contributed by atoms with Crippen molar-refractivity contribution in [1.29, 1.82) is 0 Å². The molecule has 11 heteroatoms. The molecule has 0 atom stereocenters. The molecule has 11 nitrogen and oxygen atoms in total. The average molecular weight is 526 g/mol. The molecule has 0 aromatic carbocycles. The fourth-order valence-electron chi connectivity index (χ4n) is 3.32. The van der Waals surface area contributed by atoms with Gasteiger partial charge in [0.15, 0.2) is 0 Å². The first-order valence-corrected chi connectivity index (χ1v) is 12.9. The molecule has 0 N–H and O–H groups in total. The SMILES string of the molecule is CCCCOC(=O)CCn1c(=O)n(CCC(=O)OC(C)(C)C)c(=O)n(CCC(=O)C(C)(C)C(C)C)c1=O. The zero-order chi connectivity index (χ0) is 28.6. The van der Waals surface area contributed by atoms with E-state index in [1.165, 1.54) is 0 Å². The second kappa shape index (κ2) is 13.5. The van der Waals surface area contributed by atoms with Crippen molar-refractivity contribution in [3.8, 4) is 0 Å². The minimum atomic E-state index is -0.940. The van der Waals surface area contributed by atoms with E-state index in [9.17, 15) is 28.8 Å². The van der Waals surface area contributed by atoms with Crippen LogP contribution in [0.15, 0.2) is 14.4 Å². The molecule has 0 amide bonds. The van der Waals surface area contributed by atoms with Gasteiger partial charge in [-0.3, -0.25) is 14.4 Å². The second-order valence-corrected chi connectivity index (χ2v) is 11.0. The Hall–Kier alpha value is -2.98. The van der Waals surface area contributed by atoms with Crippen molar-refractivity contribution < 1.29 is 23.9 Å². The van der Waals surface area contributed by atoms with E-state index in [0.29, 0.717) is 6.42 Å². The number of ether oxygens (including phenoxy) is 2. The smallest absolute Gasteiger partial charge is 0.336 e. The molecule has 0 bridgehead atoms. The number of esters is 2. The van der Waals surface area contributed by atoms with Crippen LogP contribution in [0.5, 0.6) is 0 Å². The number of rotatable bonds is 14. The van der Waals surface area contributed by atoms with Crippen molar-refractivity contribution in [3.05, 3.63) is 31.5 Å². The van der Waals surface area contributed by atoms with Crippen LogP contribution >= 0.6 is 0 Å². The molecule has 0 saturated heterocycles. The van der Waals surface area contributed by atoms with Gasteiger partial charge in [0.1, 0.15) is 11.4 Å². The molecule has 1 rings (SSSR count). The molecule has 1 aromatic rings. The molecule has 0 spiro atoms. The first-order valence-electron chi connectivity index (χ1n) is 12.9. The minimum Gasteiger partial charge on any atom is -0.466 e. The monoisotopic (exact) mass is 525 g/mol. The lowest BCUT2D eigenvalue weighted by atomic mass is 9.76. The molecule has 0 aliphatic rings. The number of aromatic nitrogens is 3. The van der Waals surface area contributed by atoms with Gasteiger partial charge in [-0.2, -0.15) is 0 Å².